The van der Waals surface area contributed by atoms with Crippen LogP contribution in [0.15, 0.2) is 29.3 Å². The van der Waals surface area contributed by atoms with Crippen molar-refractivity contribution < 1.29 is 4.74 Å². The third-order valence-electron chi connectivity index (χ3n) is 2.33. The summed E-state index contributed by atoms with van der Waals surface area (Å²) in [7, 11) is 0. The third-order valence-corrected chi connectivity index (χ3v) is 2.56. The minimum atomic E-state index is -0.00854. The van der Waals surface area contributed by atoms with E-state index in [1.165, 1.54) is 0 Å². The van der Waals surface area contributed by atoms with Crippen molar-refractivity contribution in [2.75, 3.05) is 19.6 Å². The zero-order chi connectivity index (χ0) is 14.1. The van der Waals surface area contributed by atoms with E-state index < -0.39 is 0 Å². The highest BCUT2D eigenvalue weighted by Crippen LogP contribution is 2.18. The van der Waals surface area contributed by atoms with Crippen LogP contribution in [-0.4, -0.2) is 31.7 Å². The van der Waals surface area contributed by atoms with Gasteiger partial charge >= 0.3 is 0 Å². The Balaban J connectivity index is 0.00000361. The highest BCUT2D eigenvalue weighted by molar-refractivity contribution is 14.0. The molecule has 0 aromatic heterocycles. The number of halogens is 2. The molecule has 0 spiro atoms. The standard InChI is InChI=1S/C14H22ClN3O.HI/c1-4-16-14(17-5-2)18-10-11(3)19-13-8-6-7-12(15)9-13;/h6-9,11H,4-5,10H2,1-3H3,(H2,16,17,18);1H. The summed E-state index contributed by atoms with van der Waals surface area (Å²) in [6.45, 7) is 8.34. The van der Waals surface area contributed by atoms with Crippen LogP contribution in [0.3, 0.4) is 0 Å². The van der Waals surface area contributed by atoms with Gasteiger partial charge in [0, 0.05) is 18.1 Å². The van der Waals surface area contributed by atoms with Gasteiger partial charge in [-0.05, 0) is 39.0 Å². The van der Waals surface area contributed by atoms with E-state index in [9.17, 15) is 0 Å². The highest BCUT2D eigenvalue weighted by atomic mass is 127. The summed E-state index contributed by atoms with van der Waals surface area (Å²) < 4.78 is 5.75. The molecule has 0 radical (unpaired) electrons. The van der Waals surface area contributed by atoms with Crippen LogP contribution in [0, 0.1) is 0 Å². The van der Waals surface area contributed by atoms with Crippen molar-refractivity contribution in [3.05, 3.63) is 29.3 Å². The highest BCUT2D eigenvalue weighted by Gasteiger charge is 2.04. The Morgan fingerprint density at radius 1 is 1.30 bits per heavy atom. The smallest absolute Gasteiger partial charge is 0.191 e. The average molecular weight is 412 g/mol. The molecule has 114 valence electrons. The van der Waals surface area contributed by atoms with Crippen molar-refractivity contribution in [1.82, 2.24) is 10.6 Å². The van der Waals surface area contributed by atoms with E-state index in [2.05, 4.69) is 15.6 Å². The summed E-state index contributed by atoms with van der Waals surface area (Å²) in [5, 5.41) is 7.02. The molecule has 1 rings (SSSR count). The summed E-state index contributed by atoms with van der Waals surface area (Å²) in [4.78, 5) is 4.46. The van der Waals surface area contributed by atoms with E-state index in [4.69, 9.17) is 16.3 Å². The zero-order valence-electron chi connectivity index (χ0n) is 12.1. The van der Waals surface area contributed by atoms with Gasteiger partial charge in [0.05, 0.1) is 6.54 Å². The van der Waals surface area contributed by atoms with Crippen molar-refractivity contribution in [1.29, 1.82) is 0 Å². The molecule has 1 atom stereocenters. The van der Waals surface area contributed by atoms with Gasteiger partial charge in [0.1, 0.15) is 11.9 Å². The maximum atomic E-state index is 5.91. The number of hydrogen-bond acceptors (Lipinski definition) is 2. The van der Waals surface area contributed by atoms with Gasteiger partial charge in [-0.1, -0.05) is 17.7 Å². The van der Waals surface area contributed by atoms with Crippen LogP contribution in [0.1, 0.15) is 20.8 Å². The van der Waals surface area contributed by atoms with Crippen molar-refractivity contribution in [2.45, 2.75) is 26.9 Å². The van der Waals surface area contributed by atoms with E-state index in [0.717, 1.165) is 24.8 Å². The summed E-state index contributed by atoms with van der Waals surface area (Å²) in [5.41, 5.74) is 0. The lowest BCUT2D eigenvalue weighted by Crippen LogP contribution is -2.37. The number of aliphatic imine (C=N–C) groups is 1. The molecule has 0 aliphatic heterocycles. The zero-order valence-corrected chi connectivity index (χ0v) is 15.2. The first-order chi connectivity index (χ1) is 9.15. The van der Waals surface area contributed by atoms with Gasteiger partial charge in [-0.25, -0.2) is 4.99 Å². The van der Waals surface area contributed by atoms with E-state index in [1.54, 1.807) is 6.07 Å². The lowest BCUT2D eigenvalue weighted by molar-refractivity contribution is 0.230. The number of guanidine groups is 1. The third kappa shape index (κ3) is 7.79. The topological polar surface area (TPSA) is 45.7 Å². The van der Waals surface area contributed by atoms with Crippen LogP contribution in [-0.2, 0) is 0 Å². The van der Waals surface area contributed by atoms with Crippen molar-refractivity contribution in [2.24, 2.45) is 4.99 Å². The molecule has 4 nitrogen and oxygen atoms in total. The first-order valence-electron chi connectivity index (χ1n) is 6.60. The lowest BCUT2D eigenvalue weighted by Gasteiger charge is -2.14. The molecule has 0 saturated heterocycles. The van der Waals surface area contributed by atoms with Gasteiger partial charge in [0.2, 0.25) is 0 Å². The molecule has 0 saturated carbocycles. The van der Waals surface area contributed by atoms with Crippen LogP contribution < -0.4 is 15.4 Å². The van der Waals surface area contributed by atoms with E-state index in [1.807, 2.05) is 39.0 Å². The first kappa shape index (κ1) is 19.3. The Morgan fingerprint density at radius 3 is 2.50 bits per heavy atom. The van der Waals surface area contributed by atoms with Gasteiger partial charge in [0.25, 0.3) is 0 Å². The van der Waals surface area contributed by atoms with Gasteiger partial charge in [-0.15, -0.1) is 24.0 Å². The molecule has 2 N–H and O–H groups in total. The molecule has 0 heterocycles. The summed E-state index contributed by atoms with van der Waals surface area (Å²) in [5.74, 6) is 1.58. The normalized spacial score (nSPS) is 11.0. The second-order valence-electron chi connectivity index (χ2n) is 4.14. The fourth-order valence-electron chi connectivity index (χ4n) is 1.54. The van der Waals surface area contributed by atoms with E-state index in [0.29, 0.717) is 11.6 Å². The Hall–Kier alpha value is -0.690. The van der Waals surface area contributed by atoms with Gasteiger partial charge in [0.15, 0.2) is 5.96 Å². The van der Waals surface area contributed by atoms with Gasteiger partial charge < -0.3 is 15.4 Å². The second-order valence-corrected chi connectivity index (χ2v) is 4.57. The molecule has 0 fully saturated rings. The summed E-state index contributed by atoms with van der Waals surface area (Å²) in [6, 6.07) is 7.39. The Bertz CT molecular complexity index is 407. The number of nitrogens with zero attached hydrogens (tertiary/aromatic N) is 1. The second kappa shape index (κ2) is 11.0. The first-order valence-corrected chi connectivity index (χ1v) is 6.97. The van der Waals surface area contributed by atoms with Crippen LogP contribution in [0.2, 0.25) is 5.02 Å². The lowest BCUT2D eigenvalue weighted by atomic mass is 10.3. The molecular weight excluding hydrogens is 389 g/mol. The van der Waals surface area contributed by atoms with Crippen LogP contribution >= 0.6 is 35.6 Å². The summed E-state index contributed by atoms with van der Waals surface area (Å²) >= 11 is 5.91. The van der Waals surface area contributed by atoms with Crippen LogP contribution in [0.25, 0.3) is 0 Å². The maximum Gasteiger partial charge on any atom is 0.191 e. The Kier molecular flexibility index (Phi) is 10.6. The minimum absolute atomic E-state index is 0. The molecule has 1 aromatic rings. The van der Waals surface area contributed by atoms with Gasteiger partial charge in [-0.3, -0.25) is 0 Å². The molecule has 0 aliphatic carbocycles. The molecular formula is C14H23ClIN3O. The largest absolute Gasteiger partial charge is 0.489 e. The molecule has 1 unspecified atom stereocenters. The quantitative estimate of drug-likeness (QED) is 0.429. The number of ether oxygens (including phenoxy) is 1. The van der Waals surface area contributed by atoms with Crippen molar-refractivity contribution >= 4 is 41.5 Å². The fraction of sp³-hybridized carbons (Fsp3) is 0.500. The number of rotatable bonds is 6. The molecule has 6 heteroatoms. The van der Waals surface area contributed by atoms with E-state index in [-0.39, 0.29) is 30.1 Å². The predicted octanol–water partition coefficient (Wildman–Crippen LogP) is 3.30. The fourth-order valence-corrected chi connectivity index (χ4v) is 1.72. The van der Waals surface area contributed by atoms with E-state index >= 15 is 0 Å². The predicted molar refractivity (Wildman–Crippen MR) is 96.6 cm³/mol. The molecule has 0 amide bonds. The average Bonchev–Trinajstić information content (AvgIpc) is 2.36. The van der Waals surface area contributed by atoms with Crippen LogP contribution in [0.4, 0.5) is 0 Å². The summed E-state index contributed by atoms with van der Waals surface area (Å²) in [6.07, 6.45) is -0.00854. The van der Waals surface area contributed by atoms with Crippen molar-refractivity contribution in [3.8, 4) is 5.75 Å². The molecule has 0 aliphatic rings. The molecule has 1 aromatic carbocycles. The van der Waals surface area contributed by atoms with Crippen LogP contribution in [0.5, 0.6) is 5.75 Å². The SMILES string of the molecule is CCNC(=NCC(C)Oc1cccc(Cl)c1)NCC.I. The molecule has 20 heavy (non-hydrogen) atoms. The van der Waals surface area contributed by atoms with Gasteiger partial charge in [-0.2, -0.15) is 0 Å². The Morgan fingerprint density at radius 2 is 1.95 bits per heavy atom. The number of hydrogen-bond donors (Lipinski definition) is 2. The molecule has 0 bridgehead atoms. The monoisotopic (exact) mass is 411 g/mol. The Labute approximate surface area is 143 Å². The minimum Gasteiger partial charge on any atom is -0.489 e. The number of nitrogens with one attached hydrogen (secondary N) is 2. The van der Waals surface area contributed by atoms with Crippen molar-refractivity contribution in [3.63, 3.8) is 0 Å². The number of benzene rings is 1. The maximum absolute atomic E-state index is 5.91.